The van der Waals surface area contributed by atoms with Crippen LogP contribution in [-0.2, 0) is 6.42 Å². The molecule has 96 valence electrons. The second kappa shape index (κ2) is 7.37. The lowest BCUT2D eigenvalue weighted by atomic mass is 10.0. The van der Waals surface area contributed by atoms with Gasteiger partial charge in [0.2, 0.25) is 0 Å². The van der Waals surface area contributed by atoms with E-state index in [9.17, 15) is 0 Å². The number of hydrogen-bond acceptors (Lipinski definition) is 1. The summed E-state index contributed by atoms with van der Waals surface area (Å²) in [5.74, 6) is 0. The number of hydrogen-bond donors (Lipinski definition) is 0. The molecule has 0 radical (unpaired) electrons. The molecule has 0 bridgehead atoms. The maximum absolute atomic E-state index is 2.51. The maximum Gasteiger partial charge on any atom is 0.0369 e. The van der Waals surface area contributed by atoms with Gasteiger partial charge in [-0.2, -0.15) is 0 Å². The molecule has 0 N–H and O–H groups in total. The van der Waals surface area contributed by atoms with E-state index in [1.807, 2.05) is 0 Å². The van der Waals surface area contributed by atoms with Gasteiger partial charge in [-0.05, 0) is 49.4 Å². The molecule has 0 unspecified atom stereocenters. The molecule has 1 nitrogen and oxygen atoms in total. The minimum Gasteiger partial charge on any atom is -0.372 e. The van der Waals surface area contributed by atoms with Crippen LogP contribution >= 0.6 is 0 Å². The first-order chi connectivity index (χ1) is 8.22. The van der Waals surface area contributed by atoms with E-state index in [1.165, 1.54) is 55.6 Å². The zero-order chi connectivity index (χ0) is 12.7. The number of rotatable bonds is 7. The maximum atomic E-state index is 2.51. The van der Waals surface area contributed by atoms with Gasteiger partial charge in [0.15, 0.2) is 0 Å². The molecule has 1 rings (SSSR count). The lowest BCUT2D eigenvalue weighted by molar-refractivity contribution is 0.743. The van der Waals surface area contributed by atoms with Crippen molar-refractivity contribution in [1.29, 1.82) is 0 Å². The molecule has 0 saturated heterocycles. The van der Waals surface area contributed by atoms with Crippen molar-refractivity contribution < 1.29 is 0 Å². The first-order valence-corrected chi connectivity index (χ1v) is 7.07. The summed E-state index contributed by atoms with van der Waals surface area (Å²) in [5, 5.41) is 0. The highest BCUT2D eigenvalue weighted by molar-refractivity contribution is 5.51. The quantitative estimate of drug-likeness (QED) is 0.666. The summed E-state index contributed by atoms with van der Waals surface area (Å²) in [5.41, 5.74) is 4.36. The van der Waals surface area contributed by atoms with Crippen molar-refractivity contribution in [3.8, 4) is 0 Å². The molecule has 0 heterocycles. The fraction of sp³-hybridized carbons (Fsp3) is 0.625. The standard InChI is InChI=1S/C16H27N/c1-5-8-15-13-16(10-9-14(15)4)17(11-6-2)12-7-3/h9-10,13H,5-8,11-12H2,1-4H3. The van der Waals surface area contributed by atoms with E-state index in [1.54, 1.807) is 0 Å². The van der Waals surface area contributed by atoms with E-state index in [-0.39, 0.29) is 0 Å². The molecule has 1 aromatic rings. The Morgan fingerprint density at radius 3 is 2.12 bits per heavy atom. The molecule has 1 aromatic carbocycles. The summed E-state index contributed by atoms with van der Waals surface area (Å²) in [7, 11) is 0. The van der Waals surface area contributed by atoms with Gasteiger partial charge in [-0.15, -0.1) is 0 Å². The molecule has 0 saturated carbocycles. The van der Waals surface area contributed by atoms with Gasteiger partial charge in [-0.25, -0.2) is 0 Å². The summed E-state index contributed by atoms with van der Waals surface area (Å²) >= 11 is 0. The van der Waals surface area contributed by atoms with Crippen LogP contribution in [0.15, 0.2) is 18.2 Å². The van der Waals surface area contributed by atoms with Gasteiger partial charge in [-0.1, -0.05) is 33.3 Å². The zero-order valence-corrected chi connectivity index (χ0v) is 11.9. The van der Waals surface area contributed by atoms with Gasteiger partial charge in [-0.3, -0.25) is 0 Å². The Balaban J connectivity index is 2.90. The van der Waals surface area contributed by atoms with E-state index in [4.69, 9.17) is 0 Å². The normalized spacial score (nSPS) is 10.6. The monoisotopic (exact) mass is 233 g/mol. The third-order valence-electron chi connectivity index (χ3n) is 3.20. The fourth-order valence-corrected chi connectivity index (χ4v) is 2.30. The predicted octanol–water partition coefficient (Wildman–Crippen LogP) is 4.57. The van der Waals surface area contributed by atoms with Gasteiger partial charge in [0.05, 0.1) is 0 Å². The third-order valence-corrected chi connectivity index (χ3v) is 3.20. The molecular weight excluding hydrogens is 206 g/mol. The highest BCUT2D eigenvalue weighted by atomic mass is 15.1. The molecular formula is C16H27N. The van der Waals surface area contributed by atoms with Crippen LogP contribution in [0.1, 0.15) is 51.2 Å². The molecule has 0 atom stereocenters. The third kappa shape index (κ3) is 4.07. The van der Waals surface area contributed by atoms with Crippen LogP contribution < -0.4 is 4.90 Å². The van der Waals surface area contributed by atoms with E-state index in [2.05, 4.69) is 50.8 Å². The molecule has 0 aliphatic carbocycles. The molecule has 17 heavy (non-hydrogen) atoms. The first kappa shape index (κ1) is 14.1. The Kier molecular flexibility index (Phi) is 6.10. The Labute approximate surface area is 107 Å². The highest BCUT2D eigenvalue weighted by Gasteiger charge is 2.06. The van der Waals surface area contributed by atoms with Crippen LogP contribution in [0.2, 0.25) is 0 Å². The molecule has 0 amide bonds. The van der Waals surface area contributed by atoms with Crippen LogP contribution in [0.3, 0.4) is 0 Å². The van der Waals surface area contributed by atoms with Gasteiger partial charge < -0.3 is 4.90 Å². The van der Waals surface area contributed by atoms with Crippen LogP contribution in [0.4, 0.5) is 5.69 Å². The summed E-state index contributed by atoms with van der Waals surface area (Å²) in [6, 6.07) is 6.95. The average Bonchev–Trinajstić information content (AvgIpc) is 2.32. The van der Waals surface area contributed by atoms with E-state index in [0.717, 1.165) is 0 Å². The van der Waals surface area contributed by atoms with Gasteiger partial charge in [0.1, 0.15) is 0 Å². The van der Waals surface area contributed by atoms with Crippen molar-refractivity contribution in [1.82, 2.24) is 0 Å². The van der Waals surface area contributed by atoms with E-state index < -0.39 is 0 Å². The minimum atomic E-state index is 1.17. The molecule has 0 spiro atoms. The SMILES string of the molecule is CCCc1cc(N(CCC)CCC)ccc1C. The number of nitrogens with zero attached hydrogens (tertiary/aromatic N) is 1. The summed E-state index contributed by atoms with van der Waals surface area (Å²) in [6.45, 7) is 11.3. The van der Waals surface area contributed by atoms with E-state index >= 15 is 0 Å². The summed E-state index contributed by atoms with van der Waals surface area (Å²) in [6.07, 6.45) is 4.87. The molecule has 0 fully saturated rings. The van der Waals surface area contributed by atoms with Crippen molar-refractivity contribution >= 4 is 5.69 Å². The predicted molar refractivity (Wildman–Crippen MR) is 78.0 cm³/mol. The van der Waals surface area contributed by atoms with Crippen molar-refractivity contribution in [2.75, 3.05) is 18.0 Å². The summed E-state index contributed by atoms with van der Waals surface area (Å²) in [4.78, 5) is 2.51. The second-order valence-electron chi connectivity index (χ2n) is 4.85. The van der Waals surface area contributed by atoms with Crippen LogP contribution in [-0.4, -0.2) is 13.1 Å². The van der Waals surface area contributed by atoms with Crippen molar-refractivity contribution in [3.63, 3.8) is 0 Å². The highest BCUT2D eigenvalue weighted by Crippen LogP contribution is 2.21. The molecule has 1 heteroatoms. The van der Waals surface area contributed by atoms with Crippen molar-refractivity contribution in [2.24, 2.45) is 0 Å². The topological polar surface area (TPSA) is 3.24 Å². The number of aryl methyl sites for hydroxylation is 2. The molecule has 0 aliphatic rings. The van der Waals surface area contributed by atoms with Crippen molar-refractivity contribution in [3.05, 3.63) is 29.3 Å². The Morgan fingerprint density at radius 2 is 1.59 bits per heavy atom. The second-order valence-corrected chi connectivity index (χ2v) is 4.85. The van der Waals surface area contributed by atoms with Gasteiger partial charge in [0, 0.05) is 18.8 Å². The minimum absolute atomic E-state index is 1.17. The van der Waals surface area contributed by atoms with Gasteiger partial charge >= 0.3 is 0 Å². The Bertz CT molecular complexity index is 324. The fourth-order valence-electron chi connectivity index (χ4n) is 2.30. The number of anilines is 1. The number of benzene rings is 1. The van der Waals surface area contributed by atoms with Crippen LogP contribution in [0.25, 0.3) is 0 Å². The zero-order valence-electron chi connectivity index (χ0n) is 11.9. The lowest BCUT2D eigenvalue weighted by Gasteiger charge is -2.25. The van der Waals surface area contributed by atoms with Gasteiger partial charge in [0.25, 0.3) is 0 Å². The molecule has 0 aromatic heterocycles. The molecule has 0 aliphatic heterocycles. The Hall–Kier alpha value is -0.980. The van der Waals surface area contributed by atoms with E-state index in [0.29, 0.717) is 0 Å². The summed E-state index contributed by atoms with van der Waals surface area (Å²) < 4.78 is 0. The lowest BCUT2D eigenvalue weighted by Crippen LogP contribution is -2.24. The van der Waals surface area contributed by atoms with Crippen molar-refractivity contribution in [2.45, 2.75) is 53.4 Å². The largest absolute Gasteiger partial charge is 0.372 e. The van der Waals surface area contributed by atoms with Crippen LogP contribution in [0.5, 0.6) is 0 Å². The smallest absolute Gasteiger partial charge is 0.0369 e. The first-order valence-electron chi connectivity index (χ1n) is 7.07. The van der Waals surface area contributed by atoms with Crippen LogP contribution in [0, 0.1) is 6.92 Å². The Morgan fingerprint density at radius 1 is 0.941 bits per heavy atom. The average molecular weight is 233 g/mol.